The van der Waals surface area contributed by atoms with Gasteiger partial charge in [0.1, 0.15) is 0 Å². The second kappa shape index (κ2) is 7.46. The third-order valence-corrected chi connectivity index (χ3v) is 3.44. The van der Waals surface area contributed by atoms with Gasteiger partial charge < -0.3 is 10.6 Å². The molecule has 0 fully saturated rings. The maximum atomic E-state index is 6.25. The van der Waals surface area contributed by atoms with E-state index in [0.717, 1.165) is 32.5 Å². The Hall–Kier alpha value is -0.860. The third kappa shape index (κ3) is 4.49. The maximum Gasteiger partial charge on any atom is 0.0307 e. The van der Waals surface area contributed by atoms with Gasteiger partial charge in [-0.25, -0.2) is 0 Å². The Kier molecular flexibility index (Phi) is 6.23. The van der Waals surface area contributed by atoms with Crippen molar-refractivity contribution in [1.82, 2.24) is 4.90 Å². The minimum Gasteiger partial charge on any atom is -0.324 e. The molecule has 1 atom stereocenters. The number of nitrogens with two attached hydrogens (primary N) is 1. The van der Waals surface area contributed by atoms with Crippen molar-refractivity contribution in [3.8, 4) is 0 Å². The zero-order chi connectivity index (χ0) is 12.7. The summed E-state index contributed by atoms with van der Waals surface area (Å²) in [6.45, 7) is 9.89. The Morgan fingerprint density at radius 2 is 1.88 bits per heavy atom. The van der Waals surface area contributed by atoms with Crippen LogP contribution in [0.3, 0.4) is 0 Å². The summed E-state index contributed by atoms with van der Waals surface area (Å²) < 4.78 is 0. The van der Waals surface area contributed by atoms with E-state index in [1.54, 1.807) is 0 Å². The van der Waals surface area contributed by atoms with E-state index in [0.29, 0.717) is 0 Å². The first-order valence-electron chi connectivity index (χ1n) is 6.78. The third-order valence-electron chi connectivity index (χ3n) is 3.44. The van der Waals surface area contributed by atoms with E-state index >= 15 is 0 Å². The molecular formula is C15H26N2. The Morgan fingerprint density at radius 1 is 1.18 bits per heavy atom. The molecule has 1 aromatic carbocycles. The fraction of sp³-hybridized carbons (Fsp3) is 0.600. The van der Waals surface area contributed by atoms with Gasteiger partial charge >= 0.3 is 0 Å². The maximum absolute atomic E-state index is 6.25. The quantitative estimate of drug-likeness (QED) is 0.786. The van der Waals surface area contributed by atoms with Crippen molar-refractivity contribution in [2.45, 2.75) is 39.7 Å². The lowest BCUT2D eigenvalue weighted by molar-refractivity contribution is 0.291. The highest BCUT2D eigenvalue weighted by molar-refractivity contribution is 5.25. The average molecular weight is 234 g/mol. The van der Waals surface area contributed by atoms with E-state index in [-0.39, 0.29) is 6.04 Å². The molecule has 2 N–H and O–H groups in total. The SMILES string of the molecule is CCc1cccc(C(N)CCN(CC)CC)c1. The number of hydrogen-bond acceptors (Lipinski definition) is 2. The van der Waals surface area contributed by atoms with Crippen molar-refractivity contribution in [3.05, 3.63) is 35.4 Å². The molecule has 1 rings (SSSR count). The van der Waals surface area contributed by atoms with Gasteiger partial charge in [-0.2, -0.15) is 0 Å². The summed E-state index contributed by atoms with van der Waals surface area (Å²) >= 11 is 0. The van der Waals surface area contributed by atoms with Gasteiger partial charge in [0.25, 0.3) is 0 Å². The molecular weight excluding hydrogens is 208 g/mol. The summed E-state index contributed by atoms with van der Waals surface area (Å²) in [5.74, 6) is 0. The van der Waals surface area contributed by atoms with E-state index in [4.69, 9.17) is 5.73 Å². The predicted octanol–water partition coefficient (Wildman–Crippen LogP) is 2.98. The fourth-order valence-electron chi connectivity index (χ4n) is 2.07. The van der Waals surface area contributed by atoms with Crippen LogP contribution in [-0.2, 0) is 6.42 Å². The second-order valence-electron chi connectivity index (χ2n) is 4.52. The first-order chi connectivity index (χ1) is 8.21. The lowest BCUT2D eigenvalue weighted by Crippen LogP contribution is -2.27. The lowest BCUT2D eigenvalue weighted by Gasteiger charge is -2.21. The van der Waals surface area contributed by atoms with Gasteiger partial charge in [-0.1, -0.05) is 45.0 Å². The largest absolute Gasteiger partial charge is 0.324 e. The molecule has 1 unspecified atom stereocenters. The molecule has 0 bridgehead atoms. The topological polar surface area (TPSA) is 29.3 Å². The molecule has 0 spiro atoms. The number of nitrogens with zero attached hydrogens (tertiary/aromatic N) is 1. The van der Waals surface area contributed by atoms with Gasteiger partial charge in [-0.3, -0.25) is 0 Å². The van der Waals surface area contributed by atoms with Crippen LogP contribution in [0, 0.1) is 0 Å². The monoisotopic (exact) mass is 234 g/mol. The zero-order valence-electron chi connectivity index (χ0n) is 11.4. The van der Waals surface area contributed by atoms with Crippen molar-refractivity contribution in [2.24, 2.45) is 5.73 Å². The minimum atomic E-state index is 0.169. The van der Waals surface area contributed by atoms with E-state index < -0.39 is 0 Å². The molecule has 1 aromatic rings. The summed E-state index contributed by atoms with van der Waals surface area (Å²) in [6.07, 6.45) is 2.12. The van der Waals surface area contributed by atoms with E-state index in [9.17, 15) is 0 Å². The summed E-state index contributed by atoms with van der Waals surface area (Å²) in [4.78, 5) is 2.42. The zero-order valence-corrected chi connectivity index (χ0v) is 11.4. The van der Waals surface area contributed by atoms with Crippen molar-refractivity contribution >= 4 is 0 Å². The van der Waals surface area contributed by atoms with Crippen LogP contribution in [-0.4, -0.2) is 24.5 Å². The smallest absolute Gasteiger partial charge is 0.0307 e. The van der Waals surface area contributed by atoms with Crippen molar-refractivity contribution < 1.29 is 0 Å². The van der Waals surface area contributed by atoms with Gasteiger partial charge in [-0.15, -0.1) is 0 Å². The number of rotatable bonds is 7. The molecule has 0 aliphatic heterocycles. The average Bonchev–Trinajstić information content (AvgIpc) is 2.39. The molecule has 0 aromatic heterocycles. The standard InChI is InChI=1S/C15H26N2/c1-4-13-8-7-9-14(12-13)15(16)10-11-17(5-2)6-3/h7-9,12,15H,4-6,10-11,16H2,1-3H3. The first-order valence-corrected chi connectivity index (χ1v) is 6.78. The fourth-order valence-corrected chi connectivity index (χ4v) is 2.07. The molecule has 0 radical (unpaired) electrons. The molecule has 0 saturated heterocycles. The molecule has 0 aliphatic rings. The molecule has 0 amide bonds. The van der Waals surface area contributed by atoms with Gasteiger partial charge in [0.15, 0.2) is 0 Å². The van der Waals surface area contributed by atoms with Crippen LogP contribution in [0.4, 0.5) is 0 Å². The summed E-state index contributed by atoms with van der Waals surface area (Å²) in [6, 6.07) is 8.84. The molecule has 2 heteroatoms. The second-order valence-corrected chi connectivity index (χ2v) is 4.52. The van der Waals surface area contributed by atoms with Crippen LogP contribution in [0.5, 0.6) is 0 Å². The molecule has 17 heavy (non-hydrogen) atoms. The number of benzene rings is 1. The summed E-state index contributed by atoms with van der Waals surface area (Å²) in [5.41, 5.74) is 8.90. The lowest BCUT2D eigenvalue weighted by atomic mass is 10.0. The van der Waals surface area contributed by atoms with E-state index in [2.05, 4.69) is 49.9 Å². The van der Waals surface area contributed by atoms with Crippen molar-refractivity contribution in [1.29, 1.82) is 0 Å². The number of aryl methyl sites for hydroxylation is 1. The minimum absolute atomic E-state index is 0.169. The van der Waals surface area contributed by atoms with Crippen LogP contribution < -0.4 is 5.73 Å². The van der Waals surface area contributed by atoms with Crippen LogP contribution >= 0.6 is 0 Å². The Bertz CT molecular complexity index is 318. The molecule has 0 aliphatic carbocycles. The van der Waals surface area contributed by atoms with Crippen LogP contribution in [0.25, 0.3) is 0 Å². The van der Waals surface area contributed by atoms with Crippen LogP contribution in [0.15, 0.2) is 24.3 Å². The van der Waals surface area contributed by atoms with Crippen LogP contribution in [0.2, 0.25) is 0 Å². The van der Waals surface area contributed by atoms with Gasteiger partial charge in [0.2, 0.25) is 0 Å². The van der Waals surface area contributed by atoms with Gasteiger partial charge in [0, 0.05) is 6.04 Å². The number of hydrogen-bond donors (Lipinski definition) is 1. The van der Waals surface area contributed by atoms with Crippen LogP contribution in [0.1, 0.15) is 44.4 Å². The Labute approximate surface area is 106 Å². The predicted molar refractivity (Wildman–Crippen MR) is 75.2 cm³/mol. The van der Waals surface area contributed by atoms with Gasteiger partial charge in [-0.05, 0) is 43.6 Å². The molecule has 96 valence electrons. The van der Waals surface area contributed by atoms with Crippen molar-refractivity contribution in [2.75, 3.05) is 19.6 Å². The molecule has 0 heterocycles. The summed E-state index contributed by atoms with van der Waals surface area (Å²) in [5, 5.41) is 0. The first kappa shape index (κ1) is 14.2. The Morgan fingerprint density at radius 3 is 2.47 bits per heavy atom. The van der Waals surface area contributed by atoms with E-state index in [1.807, 2.05) is 0 Å². The molecule has 0 saturated carbocycles. The highest BCUT2D eigenvalue weighted by atomic mass is 15.1. The van der Waals surface area contributed by atoms with Gasteiger partial charge in [0.05, 0.1) is 0 Å². The molecule has 2 nitrogen and oxygen atoms in total. The normalized spacial score (nSPS) is 13.0. The highest BCUT2D eigenvalue weighted by Crippen LogP contribution is 2.16. The van der Waals surface area contributed by atoms with Crippen molar-refractivity contribution in [3.63, 3.8) is 0 Å². The summed E-state index contributed by atoms with van der Waals surface area (Å²) in [7, 11) is 0. The van der Waals surface area contributed by atoms with E-state index in [1.165, 1.54) is 11.1 Å². The Balaban J connectivity index is 2.53. The highest BCUT2D eigenvalue weighted by Gasteiger charge is 2.08.